The molecule has 0 fully saturated rings. The van der Waals surface area contributed by atoms with Crippen molar-refractivity contribution in [2.24, 2.45) is 0 Å². The molecule has 5 heteroatoms. The molecule has 1 N–H and O–H groups in total. The molecule has 0 radical (unpaired) electrons. The van der Waals surface area contributed by atoms with E-state index < -0.39 is 5.97 Å². The van der Waals surface area contributed by atoms with Crippen LogP contribution in [0.2, 0.25) is 0 Å². The second-order valence-electron chi connectivity index (χ2n) is 3.79. The lowest BCUT2D eigenvalue weighted by atomic mass is 10.1. The summed E-state index contributed by atoms with van der Waals surface area (Å²) in [6.07, 6.45) is 1.72. The molecule has 19 heavy (non-hydrogen) atoms. The van der Waals surface area contributed by atoms with E-state index in [0.29, 0.717) is 16.9 Å². The van der Waals surface area contributed by atoms with Crippen molar-refractivity contribution in [2.45, 2.75) is 10.8 Å². The first kappa shape index (κ1) is 13.4. The van der Waals surface area contributed by atoms with Gasteiger partial charge in [0.15, 0.2) is 0 Å². The number of thioether (sulfide) groups is 1. The number of aromatic hydroxyl groups is 1. The molecule has 2 rings (SSSR count). The first-order valence-corrected chi connectivity index (χ1v) is 6.63. The molecule has 1 heterocycles. The molecule has 0 bridgehead atoms. The normalized spacial score (nSPS) is 10.2. The van der Waals surface area contributed by atoms with E-state index in [0.717, 1.165) is 5.03 Å². The van der Waals surface area contributed by atoms with Crippen LogP contribution in [0.25, 0.3) is 0 Å². The Kier molecular flexibility index (Phi) is 4.41. The van der Waals surface area contributed by atoms with Crippen LogP contribution in [0.4, 0.5) is 0 Å². The Morgan fingerprint density at radius 3 is 2.89 bits per heavy atom. The maximum absolute atomic E-state index is 11.4. The summed E-state index contributed by atoms with van der Waals surface area (Å²) >= 11 is 1.49. The highest BCUT2D eigenvalue weighted by Gasteiger charge is 2.09. The molecule has 0 atom stereocenters. The van der Waals surface area contributed by atoms with Gasteiger partial charge in [0, 0.05) is 17.5 Å². The zero-order valence-corrected chi connectivity index (χ0v) is 11.2. The Balaban J connectivity index is 2.13. The van der Waals surface area contributed by atoms with E-state index in [1.54, 1.807) is 12.3 Å². The van der Waals surface area contributed by atoms with Gasteiger partial charge in [-0.25, -0.2) is 9.78 Å². The van der Waals surface area contributed by atoms with E-state index in [4.69, 9.17) is 0 Å². The molecule has 98 valence electrons. The Bertz CT molecular complexity index is 572. The molecular weight excluding hydrogens is 262 g/mol. The number of hydrogen-bond donors (Lipinski definition) is 1. The van der Waals surface area contributed by atoms with Crippen molar-refractivity contribution in [3.63, 3.8) is 0 Å². The van der Waals surface area contributed by atoms with E-state index in [1.165, 1.54) is 31.0 Å². The summed E-state index contributed by atoms with van der Waals surface area (Å²) in [7, 11) is 1.33. The van der Waals surface area contributed by atoms with Crippen molar-refractivity contribution < 1.29 is 14.6 Å². The number of carbonyl (C=O) groups is 1. The summed E-state index contributed by atoms with van der Waals surface area (Å²) in [5.41, 5.74) is 1.11. The number of phenolic OH excluding ortho intramolecular Hbond substituents is 1. The molecule has 0 amide bonds. The summed E-state index contributed by atoms with van der Waals surface area (Å²) in [4.78, 5) is 15.6. The third kappa shape index (κ3) is 3.48. The van der Waals surface area contributed by atoms with Crippen molar-refractivity contribution in [3.05, 3.63) is 53.7 Å². The maximum atomic E-state index is 11.4. The largest absolute Gasteiger partial charge is 0.508 e. The number of esters is 1. The number of nitrogens with zero attached hydrogens (tertiary/aromatic N) is 1. The van der Waals surface area contributed by atoms with Gasteiger partial charge in [-0.2, -0.15) is 0 Å². The molecule has 0 aliphatic rings. The number of benzene rings is 1. The number of methoxy groups -OCH3 is 1. The summed E-state index contributed by atoms with van der Waals surface area (Å²) < 4.78 is 4.65. The van der Waals surface area contributed by atoms with Crippen molar-refractivity contribution in [2.75, 3.05) is 7.11 Å². The SMILES string of the molecule is COC(=O)c1ccc(O)c(CSc2ccccn2)c1. The van der Waals surface area contributed by atoms with Gasteiger partial charge in [0.2, 0.25) is 0 Å². The predicted molar refractivity (Wildman–Crippen MR) is 73.2 cm³/mol. The number of carbonyl (C=O) groups excluding carboxylic acids is 1. The first-order valence-electron chi connectivity index (χ1n) is 5.64. The van der Waals surface area contributed by atoms with Crippen molar-refractivity contribution in [1.29, 1.82) is 0 Å². The standard InChI is InChI=1S/C14H13NO3S/c1-18-14(17)10-5-6-12(16)11(8-10)9-19-13-4-2-3-7-15-13/h2-8,16H,9H2,1H3. The Morgan fingerprint density at radius 1 is 1.37 bits per heavy atom. The van der Waals surface area contributed by atoms with Crippen LogP contribution in [0, 0.1) is 0 Å². The van der Waals surface area contributed by atoms with E-state index in [-0.39, 0.29) is 5.75 Å². The van der Waals surface area contributed by atoms with Gasteiger partial charge >= 0.3 is 5.97 Å². The van der Waals surface area contributed by atoms with Crippen LogP contribution < -0.4 is 0 Å². The fourth-order valence-electron chi connectivity index (χ4n) is 1.53. The average molecular weight is 275 g/mol. The molecule has 0 spiro atoms. The molecule has 1 aromatic heterocycles. The minimum absolute atomic E-state index is 0.163. The highest BCUT2D eigenvalue weighted by Crippen LogP contribution is 2.27. The highest BCUT2D eigenvalue weighted by molar-refractivity contribution is 7.98. The monoisotopic (exact) mass is 275 g/mol. The van der Waals surface area contributed by atoms with Crippen LogP contribution >= 0.6 is 11.8 Å². The molecule has 0 saturated carbocycles. The van der Waals surface area contributed by atoms with Crippen LogP contribution in [-0.2, 0) is 10.5 Å². The van der Waals surface area contributed by atoms with Crippen LogP contribution in [-0.4, -0.2) is 23.2 Å². The number of rotatable bonds is 4. The van der Waals surface area contributed by atoms with E-state index in [2.05, 4.69) is 9.72 Å². The molecule has 0 unspecified atom stereocenters. The molecule has 0 aliphatic heterocycles. The Morgan fingerprint density at radius 2 is 2.21 bits per heavy atom. The molecule has 1 aromatic carbocycles. The highest BCUT2D eigenvalue weighted by atomic mass is 32.2. The second kappa shape index (κ2) is 6.24. The molecule has 4 nitrogen and oxygen atoms in total. The summed E-state index contributed by atoms with van der Waals surface area (Å²) in [5.74, 6) is 0.286. The van der Waals surface area contributed by atoms with Crippen molar-refractivity contribution >= 4 is 17.7 Å². The second-order valence-corrected chi connectivity index (χ2v) is 4.79. The smallest absolute Gasteiger partial charge is 0.337 e. The zero-order chi connectivity index (χ0) is 13.7. The number of ether oxygens (including phenoxy) is 1. The maximum Gasteiger partial charge on any atom is 0.337 e. The fourth-order valence-corrected chi connectivity index (χ4v) is 2.37. The summed E-state index contributed by atoms with van der Waals surface area (Å²) in [6, 6.07) is 10.3. The van der Waals surface area contributed by atoms with Gasteiger partial charge in [0.25, 0.3) is 0 Å². The predicted octanol–water partition coefficient (Wildman–Crippen LogP) is 2.87. The lowest BCUT2D eigenvalue weighted by molar-refractivity contribution is 0.0600. The van der Waals surface area contributed by atoms with Crippen molar-refractivity contribution in [3.8, 4) is 5.75 Å². The van der Waals surface area contributed by atoms with Crippen LogP contribution in [0.3, 0.4) is 0 Å². The summed E-state index contributed by atoms with van der Waals surface area (Å²) in [6.45, 7) is 0. The quantitative estimate of drug-likeness (QED) is 0.686. The molecule has 0 aliphatic carbocycles. The topological polar surface area (TPSA) is 59.4 Å². The van der Waals surface area contributed by atoms with Gasteiger partial charge < -0.3 is 9.84 Å². The summed E-state index contributed by atoms with van der Waals surface area (Å²) in [5, 5.41) is 10.6. The van der Waals surface area contributed by atoms with E-state index >= 15 is 0 Å². The van der Waals surface area contributed by atoms with E-state index in [1.807, 2.05) is 18.2 Å². The third-order valence-corrected chi connectivity index (χ3v) is 3.51. The molecular formula is C14H13NO3S. The average Bonchev–Trinajstić information content (AvgIpc) is 2.46. The van der Waals surface area contributed by atoms with Gasteiger partial charge in [-0.3, -0.25) is 0 Å². The lowest BCUT2D eigenvalue weighted by Crippen LogP contribution is -2.01. The molecule has 2 aromatic rings. The number of pyridine rings is 1. The van der Waals surface area contributed by atoms with Gasteiger partial charge in [0.05, 0.1) is 17.7 Å². The van der Waals surface area contributed by atoms with Gasteiger partial charge in [-0.15, -0.1) is 11.8 Å². The van der Waals surface area contributed by atoms with Crippen LogP contribution in [0.15, 0.2) is 47.6 Å². The molecule has 0 saturated heterocycles. The zero-order valence-electron chi connectivity index (χ0n) is 10.4. The van der Waals surface area contributed by atoms with E-state index in [9.17, 15) is 9.90 Å². The van der Waals surface area contributed by atoms with Gasteiger partial charge in [0.1, 0.15) is 5.75 Å². The third-order valence-electron chi connectivity index (χ3n) is 2.51. The van der Waals surface area contributed by atoms with Crippen LogP contribution in [0.1, 0.15) is 15.9 Å². The minimum atomic E-state index is -0.413. The minimum Gasteiger partial charge on any atom is -0.508 e. The number of hydrogen-bond acceptors (Lipinski definition) is 5. The Hall–Kier alpha value is -2.01. The van der Waals surface area contributed by atoms with Crippen molar-refractivity contribution in [1.82, 2.24) is 4.98 Å². The number of phenols is 1. The first-order chi connectivity index (χ1) is 9.20. The van der Waals surface area contributed by atoms with Crippen LogP contribution in [0.5, 0.6) is 5.75 Å². The lowest BCUT2D eigenvalue weighted by Gasteiger charge is -2.06. The van der Waals surface area contributed by atoms with Gasteiger partial charge in [-0.05, 0) is 30.3 Å². The number of aromatic nitrogens is 1. The van der Waals surface area contributed by atoms with Gasteiger partial charge in [-0.1, -0.05) is 6.07 Å². The fraction of sp³-hybridized carbons (Fsp3) is 0.143. The Labute approximate surface area is 115 Å².